The van der Waals surface area contributed by atoms with Crippen LogP contribution in [0.3, 0.4) is 0 Å². The molecule has 2 N–H and O–H groups in total. The predicted molar refractivity (Wildman–Crippen MR) is 49.0 cm³/mol. The maximum absolute atomic E-state index is 10.6. The zero-order valence-corrected chi connectivity index (χ0v) is 9.41. The van der Waals surface area contributed by atoms with Gasteiger partial charge >= 0.3 is 10.1 Å². The molecule has 0 aromatic carbocycles. The third kappa shape index (κ3) is 2.24. The van der Waals surface area contributed by atoms with E-state index in [1.54, 1.807) is 0 Å². The Hall–Kier alpha value is -0.190. The molecule has 80 valence electrons. The highest BCUT2D eigenvalue weighted by Crippen LogP contribution is 2.34. The van der Waals surface area contributed by atoms with Gasteiger partial charge < -0.3 is 0 Å². The molecule has 0 atom stereocenters. The van der Waals surface area contributed by atoms with Gasteiger partial charge in [-0.25, -0.2) is 0 Å². The summed E-state index contributed by atoms with van der Waals surface area (Å²) in [4.78, 5) is -0.739. The number of halogens is 1. The Morgan fingerprint density at radius 2 is 1.64 bits per heavy atom. The van der Waals surface area contributed by atoms with Gasteiger partial charge in [0.15, 0.2) is 4.21 Å². The van der Waals surface area contributed by atoms with Crippen molar-refractivity contribution < 1.29 is 25.9 Å². The van der Waals surface area contributed by atoms with E-state index in [2.05, 4.69) is 0 Å². The SMILES string of the molecule is O=S(=O)(O)c1csc(S(=O)(=O)O)c1Cl. The molecular formula is C4H3ClO6S3. The van der Waals surface area contributed by atoms with E-state index in [9.17, 15) is 16.8 Å². The molecule has 0 spiro atoms. The zero-order valence-electron chi connectivity index (χ0n) is 6.21. The van der Waals surface area contributed by atoms with Gasteiger partial charge in [-0.2, -0.15) is 16.8 Å². The maximum atomic E-state index is 10.6. The van der Waals surface area contributed by atoms with Crippen molar-refractivity contribution in [3.8, 4) is 0 Å². The molecule has 6 nitrogen and oxygen atoms in total. The third-order valence-corrected chi connectivity index (χ3v) is 5.30. The van der Waals surface area contributed by atoms with Crippen LogP contribution >= 0.6 is 22.9 Å². The summed E-state index contributed by atoms with van der Waals surface area (Å²) in [5.74, 6) is 0. The lowest BCUT2D eigenvalue weighted by atomic mass is 10.7. The Kier molecular flexibility index (Phi) is 2.91. The van der Waals surface area contributed by atoms with Gasteiger partial charge in [-0.05, 0) is 0 Å². The average Bonchev–Trinajstić information content (AvgIpc) is 2.26. The quantitative estimate of drug-likeness (QED) is 0.778. The largest absolute Gasteiger partial charge is 0.305 e. The monoisotopic (exact) mass is 278 g/mol. The lowest BCUT2D eigenvalue weighted by molar-refractivity contribution is 0.483. The Morgan fingerprint density at radius 1 is 1.14 bits per heavy atom. The van der Waals surface area contributed by atoms with E-state index >= 15 is 0 Å². The first-order valence-corrected chi connectivity index (χ1v) is 7.00. The summed E-state index contributed by atoms with van der Waals surface area (Å²) >= 11 is 5.73. The summed E-state index contributed by atoms with van der Waals surface area (Å²) < 4.78 is 58.8. The standard InChI is InChI=1S/C4H3ClO6S3/c5-3-2(13(6,7)8)1-12-4(3)14(9,10)11/h1H,(H,6,7,8)(H,9,10,11). The molecule has 1 aromatic heterocycles. The van der Waals surface area contributed by atoms with Crippen LogP contribution in [-0.2, 0) is 20.2 Å². The van der Waals surface area contributed by atoms with E-state index in [1.807, 2.05) is 0 Å². The maximum Gasteiger partial charge on any atom is 0.305 e. The van der Waals surface area contributed by atoms with E-state index in [0.717, 1.165) is 5.38 Å². The summed E-state index contributed by atoms with van der Waals surface area (Å²) in [5.41, 5.74) is 0. The number of hydrogen-bond donors (Lipinski definition) is 2. The highest BCUT2D eigenvalue weighted by atomic mass is 35.5. The van der Waals surface area contributed by atoms with Gasteiger partial charge in [0.2, 0.25) is 0 Å². The fraction of sp³-hybridized carbons (Fsp3) is 0. The van der Waals surface area contributed by atoms with Crippen molar-refractivity contribution in [1.82, 2.24) is 0 Å². The van der Waals surface area contributed by atoms with Crippen LogP contribution in [-0.4, -0.2) is 25.9 Å². The zero-order chi connectivity index (χ0) is 11.1. The summed E-state index contributed by atoms with van der Waals surface area (Å²) in [7, 11) is -9.13. The first-order valence-electron chi connectivity index (χ1n) is 2.86. The first-order chi connectivity index (χ1) is 6.14. The van der Waals surface area contributed by atoms with Crippen LogP contribution in [0.15, 0.2) is 14.5 Å². The Balaban J connectivity index is 3.53. The lowest BCUT2D eigenvalue weighted by Gasteiger charge is -1.94. The average molecular weight is 279 g/mol. The number of hydrogen-bond acceptors (Lipinski definition) is 5. The second kappa shape index (κ2) is 3.43. The smallest absolute Gasteiger partial charge is 0.282 e. The molecule has 0 bridgehead atoms. The topological polar surface area (TPSA) is 109 Å². The second-order valence-corrected chi connectivity index (χ2v) is 6.42. The van der Waals surface area contributed by atoms with Crippen LogP contribution in [0, 0.1) is 0 Å². The molecule has 1 rings (SSSR count). The fourth-order valence-electron chi connectivity index (χ4n) is 0.659. The van der Waals surface area contributed by atoms with Crippen molar-refractivity contribution in [2.75, 3.05) is 0 Å². The molecule has 10 heteroatoms. The van der Waals surface area contributed by atoms with Crippen LogP contribution in [0.1, 0.15) is 0 Å². The molecule has 1 heterocycles. The van der Waals surface area contributed by atoms with Crippen molar-refractivity contribution in [3.05, 3.63) is 10.4 Å². The van der Waals surface area contributed by atoms with Gasteiger partial charge in [-0.15, -0.1) is 11.3 Å². The molecule has 0 radical (unpaired) electrons. The number of rotatable bonds is 2. The Labute approximate surface area is 88.6 Å². The third-order valence-electron chi connectivity index (χ3n) is 1.18. The Morgan fingerprint density at radius 3 is 1.86 bits per heavy atom. The van der Waals surface area contributed by atoms with Crippen molar-refractivity contribution in [2.24, 2.45) is 0 Å². The highest BCUT2D eigenvalue weighted by Gasteiger charge is 2.25. The molecule has 0 saturated heterocycles. The summed E-state index contributed by atoms with van der Waals surface area (Å²) in [6.07, 6.45) is 0. The molecule has 0 aliphatic rings. The molecule has 1 aromatic rings. The molecule has 0 aliphatic carbocycles. The minimum absolute atomic E-state index is 0.401. The second-order valence-electron chi connectivity index (χ2n) is 2.15. The van der Waals surface area contributed by atoms with Gasteiger partial charge in [0.25, 0.3) is 10.1 Å². The van der Waals surface area contributed by atoms with Gasteiger partial charge in [0, 0.05) is 5.38 Å². The molecule has 0 fully saturated rings. The van der Waals surface area contributed by atoms with Crippen LogP contribution in [0.25, 0.3) is 0 Å². The van der Waals surface area contributed by atoms with Gasteiger partial charge in [0.05, 0.1) is 5.02 Å². The molecule has 0 amide bonds. The summed E-state index contributed by atoms with van der Waals surface area (Å²) in [6, 6.07) is 0. The summed E-state index contributed by atoms with van der Waals surface area (Å²) in [5, 5.41) is 0.112. The van der Waals surface area contributed by atoms with Gasteiger partial charge in [0.1, 0.15) is 4.90 Å². The van der Waals surface area contributed by atoms with Crippen LogP contribution in [0.2, 0.25) is 5.02 Å². The van der Waals surface area contributed by atoms with Crippen LogP contribution < -0.4 is 0 Å². The van der Waals surface area contributed by atoms with E-state index in [-0.39, 0.29) is 0 Å². The number of thiophene rings is 1. The van der Waals surface area contributed by atoms with Crippen molar-refractivity contribution >= 4 is 43.2 Å². The molecule has 14 heavy (non-hydrogen) atoms. The van der Waals surface area contributed by atoms with E-state index in [1.165, 1.54) is 0 Å². The van der Waals surface area contributed by atoms with E-state index < -0.39 is 34.4 Å². The molecule has 0 saturated carbocycles. The molecular weight excluding hydrogens is 276 g/mol. The van der Waals surface area contributed by atoms with Gasteiger partial charge in [-0.1, -0.05) is 11.6 Å². The van der Waals surface area contributed by atoms with Gasteiger partial charge in [-0.3, -0.25) is 9.11 Å². The van der Waals surface area contributed by atoms with E-state index in [0.29, 0.717) is 11.3 Å². The molecule has 0 aliphatic heterocycles. The lowest BCUT2D eigenvalue weighted by Crippen LogP contribution is -1.99. The van der Waals surface area contributed by atoms with Crippen molar-refractivity contribution in [2.45, 2.75) is 9.10 Å². The molecule has 0 unspecified atom stereocenters. The first kappa shape index (κ1) is 11.9. The minimum Gasteiger partial charge on any atom is -0.282 e. The van der Waals surface area contributed by atoms with Crippen molar-refractivity contribution in [3.63, 3.8) is 0 Å². The minimum atomic E-state index is -4.57. The Bertz CT molecular complexity index is 502. The normalized spacial score (nSPS) is 13.1. The van der Waals surface area contributed by atoms with Crippen molar-refractivity contribution in [1.29, 1.82) is 0 Å². The fourth-order valence-corrected chi connectivity index (χ4v) is 4.10. The highest BCUT2D eigenvalue weighted by molar-refractivity contribution is 7.89. The predicted octanol–water partition coefficient (Wildman–Crippen LogP) is 0.895. The summed E-state index contributed by atoms with van der Waals surface area (Å²) in [6.45, 7) is 0. The van der Waals surface area contributed by atoms with E-state index in [4.69, 9.17) is 20.7 Å². The van der Waals surface area contributed by atoms with Crippen LogP contribution in [0.5, 0.6) is 0 Å². The van der Waals surface area contributed by atoms with Crippen LogP contribution in [0.4, 0.5) is 0 Å².